The molecule has 2 fully saturated rings. The van der Waals surface area contributed by atoms with Gasteiger partial charge in [-0.1, -0.05) is 24.9 Å². The molecular weight excluding hydrogens is 294 g/mol. The molecule has 1 aromatic carbocycles. The van der Waals surface area contributed by atoms with Gasteiger partial charge in [-0.3, -0.25) is 4.90 Å². The van der Waals surface area contributed by atoms with Crippen LogP contribution in [-0.2, 0) is 0 Å². The van der Waals surface area contributed by atoms with Crippen LogP contribution in [0.5, 0.6) is 0 Å². The third kappa shape index (κ3) is 2.88. The first-order valence-electron chi connectivity index (χ1n) is 7.75. The van der Waals surface area contributed by atoms with Crippen LogP contribution >= 0.6 is 11.6 Å². The summed E-state index contributed by atoms with van der Waals surface area (Å²) in [7, 11) is 0. The molecule has 2 atom stereocenters. The van der Waals surface area contributed by atoms with Crippen molar-refractivity contribution in [3.63, 3.8) is 0 Å². The summed E-state index contributed by atoms with van der Waals surface area (Å²) in [5.41, 5.74) is 0.371. The average molecular weight is 315 g/mol. The second kappa shape index (κ2) is 6.09. The molecule has 2 nitrogen and oxygen atoms in total. The third-order valence-electron chi connectivity index (χ3n) is 4.78. The largest absolute Gasteiger partial charge is 0.362 e. The number of rotatable bonds is 2. The lowest BCUT2D eigenvalue weighted by Crippen LogP contribution is -2.59. The summed E-state index contributed by atoms with van der Waals surface area (Å²) in [5, 5.41) is 0.176. The van der Waals surface area contributed by atoms with Gasteiger partial charge in [0.15, 0.2) is 5.82 Å². The van der Waals surface area contributed by atoms with Crippen LogP contribution in [0.15, 0.2) is 12.1 Å². The van der Waals surface area contributed by atoms with Crippen molar-refractivity contribution in [1.82, 2.24) is 4.90 Å². The van der Waals surface area contributed by atoms with Gasteiger partial charge in [-0.25, -0.2) is 8.78 Å². The van der Waals surface area contributed by atoms with Gasteiger partial charge in [-0.2, -0.15) is 0 Å². The van der Waals surface area contributed by atoms with Gasteiger partial charge >= 0.3 is 0 Å². The minimum Gasteiger partial charge on any atom is -0.362 e. The number of piperazine rings is 1. The molecule has 116 valence electrons. The molecule has 5 heteroatoms. The molecule has 21 heavy (non-hydrogen) atoms. The van der Waals surface area contributed by atoms with Gasteiger partial charge in [-0.15, -0.1) is 0 Å². The molecule has 0 bridgehead atoms. The highest BCUT2D eigenvalue weighted by Gasteiger charge is 2.36. The number of anilines is 1. The Hall–Kier alpha value is -0.870. The van der Waals surface area contributed by atoms with Crippen molar-refractivity contribution in [2.45, 2.75) is 44.7 Å². The normalized spacial score (nSPS) is 26.8. The van der Waals surface area contributed by atoms with Crippen molar-refractivity contribution in [3.05, 3.63) is 28.8 Å². The molecule has 0 aliphatic carbocycles. The zero-order valence-corrected chi connectivity index (χ0v) is 13.0. The molecule has 2 unspecified atom stereocenters. The summed E-state index contributed by atoms with van der Waals surface area (Å²) in [6, 6.07) is 2.83. The van der Waals surface area contributed by atoms with Crippen molar-refractivity contribution >= 4 is 17.3 Å². The Morgan fingerprint density at radius 2 is 2.05 bits per heavy atom. The Kier molecular flexibility index (Phi) is 4.36. The van der Waals surface area contributed by atoms with Gasteiger partial charge in [0.1, 0.15) is 5.82 Å². The van der Waals surface area contributed by atoms with E-state index in [0.717, 1.165) is 38.5 Å². The topological polar surface area (TPSA) is 6.48 Å². The van der Waals surface area contributed by atoms with E-state index in [4.69, 9.17) is 11.6 Å². The van der Waals surface area contributed by atoms with E-state index >= 15 is 0 Å². The van der Waals surface area contributed by atoms with Crippen LogP contribution in [0, 0.1) is 11.6 Å². The summed E-state index contributed by atoms with van der Waals surface area (Å²) in [4.78, 5) is 4.58. The standard InChI is InChI=1S/C16H21ClF2N2/c1-2-12-9-20-6-4-3-5-13(20)10-21(12)16-14(17)7-11(18)8-15(16)19/h7-8,12-13H,2-6,9-10H2,1H3. The molecule has 2 heterocycles. The van der Waals surface area contributed by atoms with Gasteiger partial charge < -0.3 is 4.90 Å². The van der Waals surface area contributed by atoms with E-state index in [0.29, 0.717) is 11.7 Å². The lowest BCUT2D eigenvalue weighted by Gasteiger charge is -2.49. The van der Waals surface area contributed by atoms with Crippen LogP contribution < -0.4 is 4.90 Å². The van der Waals surface area contributed by atoms with E-state index in [2.05, 4.69) is 16.7 Å². The van der Waals surface area contributed by atoms with Crippen LogP contribution in [-0.4, -0.2) is 36.6 Å². The molecule has 0 aromatic heterocycles. The number of hydrogen-bond acceptors (Lipinski definition) is 2. The second-order valence-corrected chi connectivity index (χ2v) is 6.48. The van der Waals surface area contributed by atoms with Crippen LogP contribution in [0.4, 0.5) is 14.5 Å². The molecule has 0 amide bonds. The van der Waals surface area contributed by atoms with Crippen LogP contribution in [0.2, 0.25) is 5.02 Å². The quantitative estimate of drug-likeness (QED) is 0.812. The molecular formula is C16H21ClF2N2. The van der Waals surface area contributed by atoms with Gasteiger partial charge in [-0.05, 0) is 31.9 Å². The fourth-order valence-electron chi connectivity index (χ4n) is 3.68. The zero-order valence-electron chi connectivity index (χ0n) is 12.3. The molecule has 0 radical (unpaired) electrons. The highest BCUT2D eigenvalue weighted by atomic mass is 35.5. The van der Waals surface area contributed by atoms with E-state index < -0.39 is 11.6 Å². The zero-order chi connectivity index (χ0) is 15.0. The van der Waals surface area contributed by atoms with E-state index in [1.807, 2.05) is 0 Å². The second-order valence-electron chi connectivity index (χ2n) is 6.08. The monoisotopic (exact) mass is 314 g/mol. The number of fused-ring (bicyclic) bond motifs is 1. The number of halogens is 3. The SMILES string of the molecule is CCC1CN2CCCCC2CN1c1c(F)cc(F)cc1Cl. The third-order valence-corrected chi connectivity index (χ3v) is 5.07. The van der Waals surface area contributed by atoms with Crippen molar-refractivity contribution < 1.29 is 8.78 Å². The minimum absolute atomic E-state index is 0.176. The lowest BCUT2D eigenvalue weighted by molar-refractivity contribution is 0.110. The first-order chi connectivity index (χ1) is 10.1. The summed E-state index contributed by atoms with van der Waals surface area (Å²) >= 11 is 6.13. The summed E-state index contributed by atoms with van der Waals surface area (Å²) in [5.74, 6) is -1.17. The lowest BCUT2D eigenvalue weighted by atomic mass is 9.95. The van der Waals surface area contributed by atoms with Gasteiger partial charge in [0.25, 0.3) is 0 Å². The van der Waals surface area contributed by atoms with Gasteiger partial charge in [0, 0.05) is 31.2 Å². The molecule has 1 aromatic rings. The Labute approximate surface area is 129 Å². The molecule has 2 saturated heterocycles. The Balaban J connectivity index is 1.92. The van der Waals surface area contributed by atoms with E-state index in [-0.39, 0.29) is 11.1 Å². The first-order valence-corrected chi connectivity index (χ1v) is 8.13. The van der Waals surface area contributed by atoms with E-state index in [1.165, 1.54) is 18.9 Å². The van der Waals surface area contributed by atoms with E-state index in [1.54, 1.807) is 0 Å². The molecule has 0 saturated carbocycles. The maximum atomic E-state index is 14.2. The van der Waals surface area contributed by atoms with E-state index in [9.17, 15) is 8.78 Å². The smallest absolute Gasteiger partial charge is 0.150 e. The Morgan fingerprint density at radius 3 is 2.76 bits per heavy atom. The number of piperidine rings is 1. The van der Waals surface area contributed by atoms with Gasteiger partial charge in [0.05, 0.1) is 10.7 Å². The molecule has 3 rings (SSSR count). The average Bonchev–Trinajstić information content (AvgIpc) is 2.45. The maximum Gasteiger partial charge on any atom is 0.150 e. The number of hydrogen-bond donors (Lipinski definition) is 0. The molecule has 2 aliphatic heterocycles. The minimum atomic E-state index is -0.620. The van der Waals surface area contributed by atoms with Crippen molar-refractivity contribution in [1.29, 1.82) is 0 Å². The molecule has 0 spiro atoms. The first kappa shape index (κ1) is 15.0. The Morgan fingerprint density at radius 1 is 1.24 bits per heavy atom. The fourth-order valence-corrected chi connectivity index (χ4v) is 3.99. The van der Waals surface area contributed by atoms with Crippen LogP contribution in [0.1, 0.15) is 32.6 Å². The predicted molar refractivity (Wildman–Crippen MR) is 82.0 cm³/mol. The maximum absolute atomic E-state index is 14.2. The van der Waals surface area contributed by atoms with Crippen molar-refractivity contribution in [3.8, 4) is 0 Å². The summed E-state index contributed by atoms with van der Waals surface area (Å²) in [6.45, 7) is 4.96. The number of benzene rings is 1. The number of nitrogens with zero attached hydrogens (tertiary/aromatic N) is 2. The fraction of sp³-hybridized carbons (Fsp3) is 0.625. The highest BCUT2D eigenvalue weighted by Crippen LogP contribution is 2.36. The summed E-state index contributed by atoms with van der Waals surface area (Å²) in [6.07, 6.45) is 4.55. The van der Waals surface area contributed by atoms with Gasteiger partial charge in [0.2, 0.25) is 0 Å². The molecule has 0 N–H and O–H groups in total. The van der Waals surface area contributed by atoms with Crippen molar-refractivity contribution in [2.75, 3.05) is 24.5 Å². The van der Waals surface area contributed by atoms with Crippen molar-refractivity contribution in [2.24, 2.45) is 0 Å². The van der Waals surface area contributed by atoms with Crippen LogP contribution in [0.3, 0.4) is 0 Å². The molecule has 2 aliphatic rings. The highest BCUT2D eigenvalue weighted by molar-refractivity contribution is 6.33. The Bertz CT molecular complexity index is 500. The predicted octanol–water partition coefficient (Wildman–Crippen LogP) is 4.07. The summed E-state index contributed by atoms with van der Waals surface area (Å²) < 4.78 is 27.5. The van der Waals surface area contributed by atoms with Crippen LogP contribution in [0.25, 0.3) is 0 Å².